The Morgan fingerprint density at radius 3 is 2.65 bits per heavy atom. The first kappa shape index (κ1) is 12.1. The second-order valence-electron chi connectivity index (χ2n) is 4.04. The SMILES string of the molecule is Cc1cccc(CNc2cccc(Br)c2C)n1. The summed E-state index contributed by atoms with van der Waals surface area (Å²) in [7, 11) is 0. The molecule has 0 aliphatic carbocycles. The van der Waals surface area contributed by atoms with Gasteiger partial charge >= 0.3 is 0 Å². The number of aryl methyl sites for hydroxylation is 1. The van der Waals surface area contributed by atoms with Crippen molar-refractivity contribution in [2.24, 2.45) is 0 Å². The summed E-state index contributed by atoms with van der Waals surface area (Å²) < 4.78 is 1.12. The molecule has 0 aliphatic heterocycles. The van der Waals surface area contributed by atoms with Gasteiger partial charge < -0.3 is 5.32 Å². The van der Waals surface area contributed by atoms with E-state index in [1.165, 1.54) is 5.56 Å². The van der Waals surface area contributed by atoms with Gasteiger partial charge in [-0.2, -0.15) is 0 Å². The van der Waals surface area contributed by atoms with Crippen molar-refractivity contribution in [3.63, 3.8) is 0 Å². The van der Waals surface area contributed by atoms with E-state index < -0.39 is 0 Å². The van der Waals surface area contributed by atoms with Crippen molar-refractivity contribution in [2.75, 3.05) is 5.32 Å². The summed E-state index contributed by atoms with van der Waals surface area (Å²) in [5.74, 6) is 0. The van der Waals surface area contributed by atoms with E-state index >= 15 is 0 Å². The molecule has 2 rings (SSSR count). The Balaban J connectivity index is 2.10. The van der Waals surface area contributed by atoms with E-state index in [2.05, 4.69) is 39.2 Å². The molecular formula is C14H15BrN2. The Hall–Kier alpha value is -1.35. The fourth-order valence-electron chi connectivity index (χ4n) is 1.68. The number of benzene rings is 1. The van der Waals surface area contributed by atoms with Crippen LogP contribution in [0, 0.1) is 13.8 Å². The van der Waals surface area contributed by atoms with Crippen LogP contribution in [-0.2, 0) is 6.54 Å². The van der Waals surface area contributed by atoms with Gasteiger partial charge in [-0.1, -0.05) is 28.1 Å². The van der Waals surface area contributed by atoms with Gasteiger partial charge in [-0.15, -0.1) is 0 Å². The lowest BCUT2D eigenvalue weighted by Crippen LogP contribution is -2.03. The van der Waals surface area contributed by atoms with Crippen LogP contribution in [0.2, 0.25) is 0 Å². The maximum atomic E-state index is 4.47. The summed E-state index contributed by atoms with van der Waals surface area (Å²) in [5, 5.41) is 3.40. The molecule has 2 aromatic rings. The van der Waals surface area contributed by atoms with E-state index in [1.54, 1.807) is 0 Å². The quantitative estimate of drug-likeness (QED) is 0.922. The topological polar surface area (TPSA) is 24.9 Å². The minimum absolute atomic E-state index is 0.749. The van der Waals surface area contributed by atoms with Crippen molar-refractivity contribution >= 4 is 21.6 Å². The Morgan fingerprint density at radius 2 is 1.88 bits per heavy atom. The third-order valence-corrected chi connectivity index (χ3v) is 3.53. The van der Waals surface area contributed by atoms with E-state index in [0.29, 0.717) is 0 Å². The van der Waals surface area contributed by atoms with Crippen molar-refractivity contribution in [3.05, 3.63) is 57.8 Å². The fourth-order valence-corrected chi connectivity index (χ4v) is 2.05. The van der Waals surface area contributed by atoms with Crippen LogP contribution in [0.5, 0.6) is 0 Å². The monoisotopic (exact) mass is 290 g/mol. The fraction of sp³-hybridized carbons (Fsp3) is 0.214. The first-order chi connectivity index (χ1) is 8.16. The average Bonchev–Trinajstić information content (AvgIpc) is 2.31. The number of hydrogen-bond acceptors (Lipinski definition) is 2. The Morgan fingerprint density at radius 1 is 1.12 bits per heavy atom. The lowest BCUT2D eigenvalue weighted by atomic mass is 10.2. The minimum Gasteiger partial charge on any atom is -0.379 e. The van der Waals surface area contributed by atoms with Crippen molar-refractivity contribution in [1.82, 2.24) is 4.98 Å². The maximum Gasteiger partial charge on any atom is 0.0597 e. The molecule has 0 unspecified atom stereocenters. The molecular weight excluding hydrogens is 276 g/mol. The maximum absolute atomic E-state index is 4.47. The number of aromatic nitrogens is 1. The molecule has 88 valence electrons. The second kappa shape index (κ2) is 5.32. The van der Waals surface area contributed by atoms with Gasteiger partial charge in [-0.25, -0.2) is 0 Å². The molecule has 0 aliphatic rings. The summed E-state index contributed by atoms with van der Waals surface area (Å²) in [4.78, 5) is 4.47. The van der Waals surface area contributed by atoms with Gasteiger partial charge in [0.1, 0.15) is 0 Å². The van der Waals surface area contributed by atoms with E-state index in [9.17, 15) is 0 Å². The molecule has 0 amide bonds. The molecule has 0 spiro atoms. The first-order valence-electron chi connectivity index (χ1n) is 5.58. The molecule has 0 bridgehead atoms. The van der Waals surface area contributed by atoms with Gasteiger partial charge in [0.05, 0.1) is 12.2 Å². The Bertz CT molecular complexity index is 523. The van der Waals surface area contributed by atoms with E-state index in [0.717, 1.165) is 28.1 Å². The third-order valence-electron chi connectivity index (χ3n) is 2.67. The molecule has 2 nitrogen and oxygen atoms in total. The summed E-state index contributed by atoms with van der Waals surface area (Å²) in [6.45, 7) is 4.85. The molecule has 0 saturated heterocycles. The zero-order valence-electron chi connectivity index (χ0n) is 10.00. The predicted octanol–water partition coefficient (Wildman–Crippen LogP) is 4.07. The van der Waals surface area contributed by atoms with E-state index in [4.69, 9.17) is 0 Å². The molecule has 1 heterocycles. The Labute approximate surface area is 110 Å². The standard InChI is InChI=1S/C14H15BrN2/c1-10-5-3-6-12(17-10)9-16-14-8-4-7-13(15)11(14)2/h3-8,16H,9H2,1-2H3. The van der Waals surface area contributed by atoms with Gasteiger partial charge in [-0.05, 0) is 43.7 Å². The minimum atomic E-state index is 0.749. The zero-order chi connectivity index (χ0) is 12.3. The van der Waals surface area contributed by atoms with Crippen LogP contribution in [-0.4, -0.2) is 4.98 Å². The highest BCUT2D eigenvalue weighted by atomic mass is 79.9. The molecule has 0 saturated carbocycles. The van der Waals surface area contributed by atoms with Gasteiger partial charge in [0, 0.05) is 15.9 Å². The molecule has 1 N–H and O–H groups in total. The van der Waals surface area contributed by atoms with Crippen LogP contribution in [0.3, 0.4) is 0 Å². The smallest absolute Gasteiger partial charge is 0.0597 e. The summed E-state index contributed by atoms with van der Waals surface area (Å²) in [6.07, 6.45) is 0. The van der Waals surface area contributed by atoms with Crippen LogP contribution < -0.4 is 5.32 Å². The van der Waals surface area contributed by atoms with Crippen LogP contribution in [0.15, 0.2) is 40.9 Å². The van der Waals surface area contributed by atoms with Crippen LogP contribution >= 0.6 is 15.9 Å². The van der Waals surface area contributed by atoms with Crippen LogP contribution in [0.1, 0.15) is 17.0 Å². The van der Waals surface area contributed by atoms with Gasteiger partial charge in [-0.3, -0.25) is 4.98 Å². The largest absolute Gasteiger partial charge is 0.379 e. The van der Waals surface area contributed by atoms with Gasteiger partial charge in [0.25, 0.3) is 0 Å². The summed E-state index contributed by atoms with van der Waals surface area (Å²) >= 11 is 3.53. The van der Waals surface area contributed by atoms with E-state index in [-0.39, 0.29) is 0 Å². The number of rotatable bonds is 3. The molecule has 1 aromatic carbocycles. The van der Waals surface area contributed by atoms with Crippen molar-refractivity contribution in [3.8, 4) is 0 Å². The normalized spacial score (nSPS) is 10.3. The molecule has 0 fully saturated rings. The van der Waals surface area contributed by atoms with Crippen molar-refractivity contribution in [1.29, 1.82) is 0 Å². The molecule has 17 heavy (non-hydrogen) atoms. The van der Waals surface area contributed by atoms with Crippen molar-refractivity contribution in [2.45, 2.75) is 20.4 Å². The Kier molecular flexibility index (Phi) is 3.79. The highest BCUT2D eigenvalue weighted by Crippen LogP contribution is 2.23. The molecule has 0 atom stereocenters. The third kappa shape index (κ3) is 3.07. The highest BCUT2D eigenvalue weighted by molar-refractivity contribution is 9.10. The van der Waals surface area contributed by atoms with E-state index in [1.807, 2.05) is 37.3 Å². The number of pyridine rings is 1. The first-order valence-corrected chi connectivity index (χ1v) is 6.37. The number of halogens is 1. The lowest BCUT2D eigenvalue weighted by Gasteiger charge is -2.10. The second-order valence-corrected chi connectivity index (χ2v) is 4.89. The molecule has 3 heteroatoms. The number of nitrogens with zero attached hydrogens (tertiary/aromatic N) is 1. The number of anilines is 1. The molecule has 0 radical (unpaired) electrons. The number of nitrogens with one attached hydrogen (secondary N) is 1. The highest BCUT2D eigenvalue weighted by Gasteiger charge is 2.01. The number of hydrogen-bond donors (Lipinski definition) is 1. The van der Waals surface area contributed by atoms with Crippen LogP contribution in [0.25, 0.3) is 0 Å². The van der Waals surface area contributed by atoms with Crippen molar-refractivity contribution < 1.29 is 0 Å². The average molecular weight is 291 g/mol. The molecule has 1 aromatic heterocycles. The summed E-state index contributed by atoms with van der Waals surface area (Å²) in [5.41, 5.74) is 4.47. The van der Waals surface area contributed by atoms with Crippen LogP contribution in [0.4, 0.5) is 5.69 Å². The van der Waals surface area contributed by atoms with Gasteiger partial charge in [0.15, 0.2) is 0 Å². The predicted molar refractivity (Wildman–Crippen MR) is 75.2 cm³/mol. The van der Waals surface area contributed by atoms with Gasteiger partial charge in [0.2, 0.25) is 0 Å². The lowest BCUT2D eigenvalue weighted by molar-refractivity contribution is 1.01. The summed E-state index contributed by atoms with van der Waals surface area (Å²) in [6, 6.07) is 12.2. The zero-order valence-corrected chi connectivity index (χ0v) is 11.6.